The number of fused-ring (bicyclic) bond motifs is 2. The number of ether oxygens (including phenoxy) is 3. The number of hydrogen-bond donors (Lipinski definition) is 3. The van der Waals surface area contributed by atoms with Gasteiger partial charge in [-0.25, -0.2) is 15.0 Å². The summed E-state index contributed by atoms with van der Waals surface area (Å²) < 4.78 is 21.2. The molecule has 2 aromatic heterocycles. The van der Waals surface area contributed by atoms with Gasteiger partial charge in [-0.05, 0) is 33.2 Å². The first-order chi connectivity index (χ1) is 17.9. The predicted molar refractivity (Wildman–Crippen MR) is 134 cm³/mol. The van der Waals surface area contributed by atoms with E-state index in [1.54, 1.807) is 6.33 Å². The average Bonchev–Trinajstić information content (AvgIpc) is 3.62. The summed E-state index contributed by atoms with van der Waals surface area (Å²) >= 11 is 0. The summed E-state index contributed by atoms with van der Waals surface area (Å²) in [5.41, 5.74) is 2.18. The third-order valence-corrected chi connectivity index (χ3v) is 8.12. The molecule has 1 aromatic carbocycles. The number of nitrogens with zero attached hydrogens (tertiary/aromatic N) is 5. The van der Waals surface area contributed by atoms with Crippen molar-refractivity contribution in [1.82, 2.24) is 29.7 Å². The molecule has 11 heteroatoms. The molecule has 37 heavy (non-hydrogen) atoms. The first-order valence-corrected chi connectivity index (χ1v) is 13.1. The number of likely N-dealkylation sites (tertiary alicyclic amines) is 1. The van der Waals surface area contributed by atoms with Crippen LogP contribution in [0, 0.1) is 0 Å². The van der Waals surface area contributed by atoms with Crippen LogP contribution in [0.25, 0.3) is 11.2 Å². The zero-order chi connectivity index (χ0) is 25.2. The molecule has 3 N–H and O–H groups in total. The minimum atomic E-state index is -0.929. The number of hydrogen-bond acceptors (Lipinski definition) is 10. The first kappa shape index (κ1) is 23.4. The predicted octanol–water partition coefficient (Wildman–Crippen LogP) is 1.78. The first-order valence-electron chi connectivity index (χ1n) is 13.1. The summed E-state index contributed by atoms with van der Waals surface area (Å²) in [5, 5.41) is 17.4. The van der Waals surface area contributed by atoms with E-state index in [-0.39, 0.29) is 23.9 Å². The van der Waals surface area contributed by atoms with Crippen LogP contribution < -0.4 is 10.6 Å². The lowest BCUT2D eigenvalue weighted by Crippen LogP contribution is -2.58. The third kappa shape index (κ3) is 4.10. The summed E-state index contributed by atoms with van der Waals surface area (Å²) in [4.78, 5) is 15.9. The van der Waals surface area contributed by atoms with E-state index in [0.717, 1.165) is 31.7 Å². The second-order valence-electron chi connectivity index (χ2n) is 11.1. The van der Waals surface area contributed by atoms with Gasteiger partial charge in [0.1, 0.15) is 24.6 Å². The van der Waals surface area contributed by atoms with Crippen LogP contribution in [-0.2, 0) is 14.2 Å². The summed E-state index contributed by atoms with van der Waals surface area (Å²) in [5.74, 6) is -0.250. The molecule has 0 aliphatic carbocycles. The lowest BCUT2D eigenvalue weighted by molar-refractivity contribution is -0.197. The Morgan fingerprint density at radius 3 is 2.70 bits per heavy atom. The monoisotopic (exact) mass is 507 g/mol. The highest BCUT2D eigenvalue weighted by Crippen LogP contribution is 2.44. The van der Waals surface area contributed by atoms with Crippen LogP contribution in [0.4, 0.5) is 5.82 Å². The Morgan fingerprint density at radius 2 is 1.95 bits per heavy atom. The number of anilines is 1. The van der Waals surface area contributed by atoms with Crippen LogP contribution >= 0.6 is 0 Å². The highest BCUT2D eigenvalue weighted by atomic mass is 16.8. The van der Waals surface area contributed by atoms with Crippen molar-refractivity contribution < 1.29 is 19.3 Å². The summed E-state index contributed by atoms with van der Waals surface area (Å²) in [6.45, 7) is 7.89. The molecule has 0 bridgehead atoms. The second-order valence-corrected chi connectivity index (χ2v) is 11.1. The van der Waals surface area contributed by atoms with E-state index < -0.39 is 18.2 Å². The zero-order valence-corrected chi connectivity index (χ0v) is 21.1. The Labute approximate surface area is 215 Å². The third-order valence-electron chi connectivity index (χ3n) is 8.12. The summed E-state index contributed by atoms with van der Waals surface area (Å²) in [7, 11) is 0. The SMILES string of the molecule is CC1(C)O[C@@H]2[C@H](O1)[C@@H](CN1CCC3(CCN3)C1)O[C@H]2n1cnc2c(NC(O)c3ccccc3)ncnc21. The van der Waals surface area contributed by atoms with E-state index in [0.29, 0.717) is 17.0 Å². The fourth-order valence-corrected chi connectivity index (χ4v) is 6.22. The van der Waals surface area contributed by atoms with Crippen molar-refractivity contribution in [2.24, 2.45) is 0 Å². The van der Waals surface area contributed by atoms with Gasteiger partial charge in [-0.15, -0.1) is 0 Å². The molecule has 0 saturated carbocycles. The lowest BCUT2D eigenvalue weighted by Gasteiger charge is -2.40. The maximum Gasteiger partial charge on any atom is 0.167 e. The molecule has 0 amide bonds. The molecule has 0 radical (unpaired) electrons. The van der Waals surface area contributed by atoms with Crippen LogP contribution in [0.3, 0.4) is 0 Å². The molecule has 4 aliphatic rings. The molecule has 4 aliphatic heterocycles. The van der Waals surface area contributed by atoms with E-state index in [4.69, 9.17) is 14.2 Å². The molecule has 4 fully saturated rings. The molecular weight excluding hydrogens is 474 g/mol. The molecule has 4 saturated heterocycles. The summed E-state index contributed by atoms with van der Waals surface area (Å²) in [6, 6.07) is 9.37. The Balaban J connectivity index is 1.15. The number of aliphatic hydroxyl groups excluding tert-OH is 1. The smallest absolute Gasteiger partial charge is 0.167 e. The van der Waals surface area contributed by atoms with Gasteiger partial charge in [0.2, 0.25) is 0 Å². The van der Waals surface area contributed by atoms with Gasteiger partial charge in [0.05, 0.1) is 6.33 Å². The Morgan fingerprint density at radius 1 is 1.14 bits per heavy atom. The van der Waals surface area contributed by atoms with Crippen LogP contribution in [0.5, 0.6) is 0 Å². The van der Waals surface area contributed by atoms with Gasteiger partial charge >= 0.3 is 0 Å². The van der Waals surface area contributed by atoms with E-state index in [1.807, 2.05) is 48.7 Å². The molecule has 11 nitrogen and oxygen atoms in total. The van der Waals surface area contributed by atoms with Gasteiger partial charge in [0.25, 0.3) is 0 Å². The number of aliphatic hydroxyl groups is 1. The molecule has 1 spiro atoms. The highest BCUT2D eigenvalue weighted by Gasteiger charge is 2.57. The van der Waals surface area contributed by atoms with Gasteiger partial charge < -0.3 is 30.0 Å². The van der Waals surface area contributed by atoms with Crippen molar-refractivity contribution >= 4 is 17.0 Å². The molecule has 6 heterocycles. The van der Waals surface area contributed by atoms with E-state index in [1.165, 1.54) is 19.2 Å². The Kier molecular flexibility index (Phi) is 5.50. The fourth-order valence-electron chi connectivity index (χ4n) is 6.22. The molecule has 3 aromatic rings. The van der Waals surface area contributed by atoms with Gasteiger partial charge in [-0.1, -0.05) is 30.3 Å². The number of aromatic nitrogens is 4. The average molecular weight is 508 g/mol. The minimum Gasteiger partial charge on any atom is -0.369 e. The molecule has 7 rings (SSSR count). The van der Waals surface area contributed by atoms with Gasteiger partial charge in [-0.2, -0.15) is 0 Å². The van der Waals surface area contributed by atoms with Crippen molar-refractivity contribution in [3.8, 4) is 0 Å². The Hall–Kier alpha value is -2.67. The van der Waals surface area contributed by atoms with Crippen LogP contribution in [0.15, 0.2) is 43.0 Å². The highest BCUT2D eigenvalue weighted by molar-refractivity contribution is 5.82. The van der Waals surface area contributed by atoms with Crippen molar-refractivity contribution in [2.45, 2.75) is 68.8 Å². The van der Waals surface area contributed by atoms with Gasteiger partial charge in [0.15, 0.2) is 35.2 Å². The molecule has 196 valence electrons. The number of imidazole rings is 1. The van der Waals surface area contributed by atoms with Crippen LogP contribution in [0.1, 0.15) is 44.7 Å². The van der Waals surface area contributed by atoms with Gasteiger partial charge in [-0.3, -0.25) is 9.47 Å². The van der Waals surface area contributed by atoms with E-state index in [9.17, 15) is 5.11 Å². The zero-order valence-electron chi connectivity index (χ0n) is 21.1. The normalized spacial score (nSPS) is 33.6. The minimum absolute atomic E-state index is 0.135. The Bertz CT molecular complexity index is 1280. The van der Waals surface area contributed by atoms with E-state index in [2.05, 4.69) is 30.5 Å². The maximum absolute atomic E-state index is 10.7. The molecule has 6 atom stereocenters. The van der Waals surface area contributed by atoms with Crippen molar-refractivity contribution in [3.63, 3.8) is 0 Å². The topological polar surface area (TPSA) is 119 Å². The van der Waals surface area contributed by atoms with Gasteiger partial charge in [0, 0.05) is 30.7 Å². The van der Waals surface area contributed by atoms with Crippen molar-refractivity contribution in [2.75, 3.05) is 31.5 Å². The number of benzene rings is 1. The quantitative estimate of drug-likeness (QED) is 0.426. The maximum atomic E-state index is 10.7. The van der Waals surface area contributed by atoms with Crippen LogP contribution in [-0.4, -0.2) is 85.3 Å². The standard InChI is InChI=1S/C26H33N7O4/c1-25(2)36-19-17(12-32-11-9-26(13-32)8-10-30-26)35-24(20(19)37-25)33-15-29-18-21(27-14-28-22(18)33)31-23(34)16-6-4-3-5-7-16/h3-7,14-15,17,19-20,23-24,30,34H,8-13H2,1-2H3,(H,27,28,31)/t17-,19-,20-,23?,24-,26?/m1/s1. The number of nitrogens with one attached hydrogen (secondary N) is 2. The largest absolute Gasteiger partial charge is 0.369 e. The van der Waals surface area contributed by atoms with E-state index >= 15 is 0 Å². The van der Waals surface area contributed by atoms with Crippen LogP contribution in [0.2, 0.25) is 0 Å². The molecular formula is C26H33N7O4. The molecule has 2 unspecified atom stereocenters. The summed E-state index contributed by atoms with van der Waals surface area (Å²) in [6.07, 6.45) is 3.60. The fraction of sp³-hybridized carbons (Fsp3) is 0.577. The second kappa shape index (κ2) is 8.69. The lowest BCUT2D eigenvalue weighted by atomic mass is 9.87. The van der Waals surface area contributed by atoms with Crippen molar-refractivity contribution in [1.29, 1.82) is 0 Å². The number of rotatable bonds is 6. The van der Waals surface area contributed by atoms with Crippen molar-refractivity contribution in [3.05, 3.63) is 48.5 Å².